The summed E-state index contributed by atoms with van der Waals surface area (Å²) in [5, 5.41) is 7.94. The maximum absolute atomic E-state index is 12.9. The molecule has 2 aliphatic rings. The van der Waals surface area contributed by atoms with Gasteiger partial charge in [0.25, 0.3) is 0 Å². The average molecular weight is 293 g/mol. The number of fused-ring (bicyclic) bond motifs is 1. The summed E-state index contributed by atoms with van der Waals surface area (Å²) >= 11 is 5.23. The van der Waals surface area contributed by atoms with Crippen molar-refractivity contribution in [2.45, 2.75) is 45.2 Å². The molecule has 108 valence electrons. The van der Waals surface area contributed by atoms with Crippen molar-refractivity contribution in [3.8, 4) is 0 Å². The van der Waals surface area contributed by atoms with E-state index in [4.69, 9.17) is 18.0 Å². The summed E-state index contributed by atoms with van der Waals surface area (Å²) < 4.78 is 1.98. The van der Waals surface area contributed by atoms with Gasteiger partial charge in [0.05, 0.1) is 16.9 Å². The Morgan fingerprint density at radius 3 is 2.75 bits per heavy atom. The van der Waals surface area contributed by atoms with Gasteiger partial charge in [-0.2, -0.15) is 0 Å². The van der Waals surface area contributed by atoms with Crippen LogP contribution in [0.15, 0.2) is 6.33 Å². The largest absolute Gasteiger partial charge is 0.392 e. The molecule has 0 spiro atoms. The first-order valence-electron chi connectivity index (χ1n) is 7.09. The number of aromatic nitrogens is 3. The lowest BCUT2D eigenvalue weighted by Gasteiger charge is -2.40. The Bertz CT molecular complexity index is 535. The highest BCUT2D eigenvalue weighted by atomic mass is 32.1. The molecule has 6 nitrogen and oxygen atoms in total. The van der Waals surface area contributed by atoms with Gasteiger partial charge < -0.3 is 15.2 Å². The number of rotatable bonds is 2. The van der Waals surface area contributed by atoms with Crippen LogP contribution in [-0.4, -0.2) is 37.1 Å². The lowest BCUT2D eigenvalue weighted by atomic mass is 9.72. The molecule has 1 aromatic heterocycles. The van der Waals surface area contributed by atoms with Gasteiger partial charge in [0.1, 0.15) is 6.33 Å². The molecule has 3 rings (SSSR count). The third kappa shape index (κ3) is 2.09. The van der Waals surface area contributed by atoms with Crippen molar-refractivity contribution in [1.82, 2.24) is 19.7 Å². The molecule has 1 fully saturated rings. The van der Waals surface area contributed by atoms with Gasteiger partial charge in [-0.25, -0.2) is 0 Å². The SMILES string of the molecule is NC(=S)C1(C(=O)N2CCn3cnnc3C2)CCCCC1. The fourth-order valence-electron chi connectivity index (χ4n) is 3.26. The van der Waals surface area contributed by atoms with Gasteiger partial charge in [0.2, 0.25) is 5.91 Å². The number of carbonyl (C=O) groups is 1. The summed E-state index contributed by atoms with van der Waals surface area (Å²) in [6.07, 6.45) is 6.47. The highest BCUT2D eigenvalue weighted by molar-refractivity contribution is 7.80. The van der Waals surface area contributed by atoms with Crippen molar-refractivity contribution in [2.24, 2.45) is 11.1 Å². The molecular weight excluding hydrogens is 274 g/mol. The fourth-order valence-corrected chi connectivity index (χ4v) is 3.55. The Labute approximate surface area is 123 Å². The molecule has 1 aromatic rings. The van der Waals surface area contributed by atoms with Crippen LogP contribution in [0.3, 0.4) is 0 Å². The Morgan fingerprint density at radius 1 is 1.30 bits per heavy atom. The molecule has 20 heavy (non-hydrogen) atoms. The van der Waals surface area contributed by atoms with Crippen molar-refractivity contribution in [3.05, 3.63) is 12.2 Å². The molecule has 0 aromatic carbocycles. The van der Waals surface area contributed by atoms with Gasteiger partial charge in [-0.15, -0.1) is 10.2 Å². The van der Waals surface area contributed by atoms with E-state index in [0.717, 1.165) is 44.5 Å². The molecular formula is C13H19N5OS. The van der Waals surface area contributed by atoms with E-state index in [1.165, 1.54) is 0 Å². The van der Waals surface area contributed by atoms with E-state index in [0.29, 0.717) is 18.1 Å². The Balaban J connectivity index is 1.82. The van der Waals surface area contributed by atoms with Crippen molar-refractivity contribution >= 4 is 23.1 Å². The van der Waals surface area contributed by atoms with Crippen LogP contribution in [-0.2, 0) is 17.9 Å². The smallest absolute Gasteiger partial charge is 0.236 e. The zero-order chi connectivity index (χ0) is 14.2. The van der Waals surface area contributed by atoms with Gasteiger partial charge >= 0.3 is 0 Å². The maximum Gasteiger partial charge on any atom is 0.236 e. The first-order chi connectivity index (χ1) is 9.63. The minimum Gasteiger partial charge on any atom is -0.392 e. The van der Waals surface area contributed by atoms with E-state index < -0.39 is 5.41 Å². The third-order valence-corrected chi connectivity index (χ3v) is 4.90. The lowest BCUT2D eigenvalue weighted by molar-refractivity contribution is -0.141. The van der Waals surface area contributed by atoms with Crippen LogP contribution in [0.2, 0.25) is 0 Å². The second-order valence-corrected chi connectivity index (χ2v) is 6.11. The third-order valence-electron chi connectivity index (χ3n) is 4.51. The van der Waals surface area contributed by atoms with Crippen LogP contribution in [0.25, 0.3) is 0 Å². The van der Waals surface area contributed by atoms with Crippen molar-refractivity contribution in [3.63, 3.8) is 0 Å². The highest BCUT2D eigenvalue weighted by Gasteiger charge is 2.45. The number of nitrogens with zero attached hydrogens (tertiary/aromatic N) is 4. The number of amides is 1. The second kappa shape index (κ2) is 5.12. The normalized spacial score (nSPS) is 21.3. The minimum atomic E-state index is -0.629. The highest BCUT2D eigenvalue weighted by Crippen LogP contribution is 2.39. The number of hydrogen-bond donors (Lipinski definition) is 1. The van der Waals surface area contributed by atoms with E-state index >= 15 is 0 Å². The van der Waals surface area contributed by atoms with Gasteiger partial charge in [0, 0.05) is 13.1 Å². The molecule has 1 amide bonds. The van der Waals surface area contributed by atoms with Crippen LogP contribution in [0.5, 0.6) is 0 Å². The Kier molecular flexibility index (Phi) is 3.45. The first-order valence-corrected chi connectivity index (χ1v) is 7.50. The zero-order valence-electron chi connectivity index (χ0n) is 11.4. The van der Waals surface area contributed by atoms with Gasteiger partial charge in [-0.3, -0.25) is 4.79 Å². The lowest BCUT2D eigenvalue weighted by Crippen LogP contribution is -2.53. The summed E-state index contributed by atoms with van der Waals surface area (Å²) in [5.41, 5.74) is 5.31. The van der Waals surface area contributed by atoms with Crippen LogP contribution in [0, 0.1) is 5.41 Å². The summed E-state index contributed by atoms with van der Waals surface area (Å²) in [6, 6.07) is 0. The van der Waals surface area contributed by atoms with Gasteiger partial charge in [-0.1, -0.05) is 31.5 Å². The average Bonchev–Trinajstić information content (AvgIpc) is 2.94. The van der Waals surface area contributed by atoms with Crippen LogP contribution >= 0.6 is 12.2 Å². The predicted molar refractivity (Wildman–Crippen MR) is 77.7 cm³/mol. The molecule has 0 atom stereocenters. The molecule has 0 saturated heterocycles. The topological polar surface area (TPSA) is 77.0 Å². The molecule has 0 radical (unpaired) electrons. The molecule has 1 saturated carbocycles. The van der Waals surface area contributed by atoms with Gasteiger partial charge in [-0.05, 0) is 12.8 Å². The van der Waals surface area contributed by atoms with E-state index in [-0.39, 0.29) is 5.91 Å². The maximum atomic E-state index is 12.9. The fraction of sp³-hybridized carbons (Fsp3) is 0.692. The molecule has 7 heteroatoms. The molecule has 1 aliphatic carbocycles. The number of thiocarbonyl (C=S) groups is 1. The zero-order valence-corrected chi connectivity index (χ0v) is 12.2. The minimum absolute atomic E-state index is 0.0824. The molecule has 2 heterocycles. The number of nitrogens with two attached hydrogens (primary N) is 1. The second-order valence-electron chi connectivity index (χ2n) is 5.67. The van der Waals surface area contributed by atoms with E-state index in [9.17, 15) is 4.79 Å². The van der Waals surface area contributed by atoms with Crippen LogP contribution in [0.1, 0.15) is 37.9 Å². The Hall–Kier alpha value is -1.50. The summed E-state index contributed by atoms with van der Waals surface area (Å²) in [5.74, 6) is 0.914. The van der Waals surface area contributed by atoms with Crippen molar-refractivity contribution < 1.29 is 4.79 Å². The summed E-state index contributed by atoms with van der Waals surface area (Å²) in [7, 11) is 0. The molecule has 1 aliphatic heterocycles. The molecule has 2 N–H and O–H groups in total. The van der Waals surface area contributed by atoms with Gasteiger partial charge in [0.15, 0.2) is 5.82 Å². The first kappa shape index (κ1) is 13.5. The standard InChI is InChI=1S/C13H19N5OS/c14-11(20)13(4-2-1-3-5-13)12(19)17-6-7-18-9-15-16-10(18)8-17/h9H,1-8H2,(H2,14,20). The van der Waals surface area contributed by atoms with Crippen LogP contribution < -0.4 is 5.73 Å². The van der Waals surface area contributed by atoms with E-state index in [1.54, 1.807) is 6.33 Å². The van der Waals surface area contributed by atoms with Crippen molar-refractivity contribution in [1.29, 1.82) is 0 Å². The summed E-state index contributed by atoms with van der Waals surface area (Å²) in [4.78, 5) is 15.1. The monoisotopic (exact) mass is 293 g/mol. The van der Waals surface area contributed by atoms with E-state index in [2.05, 4.69) is 10.2 Å². The quantitative estimate of drug-likeness (QED) is 0.818. The van der Waals surface area contributed by atoms with E-state index in [1.807, 2.05) is 9.47 Å². The molecule has 0 unspecified atom stereocenters. The summed E-state index contributed by atoms with van der Waals surface area (Å²) in [6.45, 7) is 1.92. The number of carbonyl (C=O) groups excluding carboxylic acids is 1. The number of hydrogen-bond acceptors (Lipinski definition) is 4. The van der Waals surface area contributed by atoms with Crippen LogP contribution in [0.4, 0.5) is 0 Å². The van der Waals surface area contributed by atoms with Crippen molar-refractivity contribution in [2.75, 3.05) is 6.54 Å². The molecule has 0 bridgehead atoms. The Morgan fingerprint density at radius 2 is 2.05 bits per heavy atom. The predicted octanol–water partition coefficient (Wildman–Crippen LogP) is 0.857.